The number of hydrogen-bond donors (Lipinski definition) is 4. The molecule has 0 spiro atoms. The van der Waals surface area contributed by atoms with E-state index >= 15 is 0 Å². The van der Waals surface area contributed by atoms with Gasteiger partial charge in [0.15, 0.2) is 10.3 Å². The SMILES string of the molecule is CN1C(=O)C=C[C@]2(C)C3CC[C@]4(C)[C@@H](c5csc(NC(N)=O)n5)CC[C@H]4C3CC[C@@H]12.CN1C(=O)CC[C@]2(C)C3CC[C@]4(C)[C@@H](c5csc(NC(N)=O)n5)CC[C@H]4C3CC[C@@H]12. The van der Waals surface area contributed by atoms with Crippen LogP contribution in [0.1, 0.15) is 141 Å². The summed E-state index contributed by atoms with van der Waals surface area (Å²) in [4.78, 5) is 60.5. The van der Waals surface area contributed by atoms with Gasteiger partial charge in [0.2, 0.25) is 11.8 Å². The van der Waals surface area contributed by atoms with Crippen LogP contribution in [0.5, 0.6) is 0 Å². The summed E-state index contributed by atoms with van der Waals surface area (Å²) in [6, 6.07) is -0.352. The number of carbonyl (C=O) groups excluding carboxylic acids is 4. The number of likely N-dealkylation sites (tertiary alicyclic amines) is 1. The molecule has 2 aliphatic heterocycles. The summed E-state index contributed by atoms with van der Waals surface area (Å²) in [7, 11) is 4.01. The maximum Gasteiger partial charge on any atom is 0.318 e. The predicted octanol–water partition coefficient (Wildman–Crippen LogP) is 8.94. The van der Waals surface area contributed by atoms with Crippen molar-refractivity contribution in [2.45, 2.75) is 142 Å². The third-order valence-corrected chi connectivity index (χ3v) is 20.5. The summed E-state index contributed by atoms with van der Waals surface area (Å²) < 4.78 is 0. The van der Waals surface area contributed by atoms with Crippen LogP contribution in [-0.2, 0) is 9.59 Å². The van der Waals surface area contributed by atoms with Crippen molar-refractivity contribution in [3.63, 3.8) is 0 Å². The summed E-state index contributed by atoms with van der Waals surface area (Å²) in [6.07, 6.45) is 20.3. The Hall–Kier alpha value is -3.52. The third kappa shape index (κ3) is 6.53. The molecule has 6 aliphatic carbocycles. The fraction of sp³-hybridized carbons (Fsp3) is 0.739. The average Bonchev–Trinajstić information content (AvgIpc) is 4.00. The number of aromatic nitrogens is 2. The molecule has 4 unspecified atom stereocenters. The Kier molecular flexibility index (Phi) is 10.5. The van der Waals surface area contributed by atoms with Gasteiger partial charge < -0.3 is 21.3 Å². The minimum atomic E-state index is -0.555. The number of amides is 6. The Morgan fingerprint density at radius 1 is 0.650 bits per heavy atom. The number of thiazole rings is 2. The molecule has 2 aromatic heterocycles. The molecule has 12 nitrogen and oxygen atoms in total. The molecule has 14 atom stereocenters. The highest BCUT2D eigenvalue weighted by atomic mass is 32.1. The minimum absolute atomic E-state index is 0.0875. The number of anilines is 2. The summed E-state index contributed by atoms with van der Waals surface area (Å²) in [6.45, 7) is 9.85. The number of piperidine rings is 1. The molecule has 10 rings (SSSR count). The van der Waals surface area contributed by atoms with Gasteiger partial charge >= 0.3 is 12.1 Å². The van der Waals surface area contributed by atoms with E-state index in [1.54, 1.807) is 0 Å². The van der Waals surface area contributed by atoms with Crippen molar-refractivity contribution in [1.82, 2.24) is 19.8 Å². The molecule has 6 N–H and O–H groups in total. The van der Waals surface area contributed by atoms with Gasteiger partial charge in [0.05, 0.1) is 11.4 Å². The van der Waals surface area contributed by atoms with Gasteiger partial charge in [-0.05, 0) is 141 Å². The van der Waals surface area contributed by atoms with E-state index in [9.17, 15) is 19.2 Å². The van der Waals surface area contributed by atoms with Crippen molar-refractivity contribution in [2.75, 3.05) is 24.7 Å². The predicted molar refractivity (Wildman–Crippen MR) is 236 cm³/mol. The molecular weight excluding hydrogens is 793 g/mol. The standard InChI is InChI=1S/C23H34N4O2S.C23H32N4O2S/c2*1-22-10-8-15-13(4-7-18-23(15,2)11-9-19(28)27(18)3)14(22)5-6-16(22)17-12-30-21(25-17)26-20(24)29/h12-16,18H,4-11H2,1-3H3,(H3,24,25,26,29);9,11-16,18H,4-8,10H2,1-3H3,(H3,24,25,26,29)/t2*13?,14-,15?,16+,18+,22-,23+/m00/s1. The maximum atomic E-state index is 12.3. The van der Waals surface area contributed by atoms with Crippen LogP contribution in [-0.4, -0.2) is 69.8 Å². The summed E-state index contributed by atoms with van der Waals surface area (Å²) in [5.41, 5.74) is 13.7. The largest absolute Gasteiger partial charge is 0.351 e. The zero-order valence-electron chi connectivity index (χ0n) is 36.4. The number of nitrogens with one attached hydrogen (secondary N) is 2. The normalized spacial score (nSPS) is 42.7. The Labute approximate surface area is 363 Å². The quantitative estimate of drug-likeness (QED) is 0.239. The highest BCUT2D eigenvalue weighted by Gasteiger charge is 2.63. The van der Waals surface area contributed by atoms with E-state index in [0.717, 1.165) is 48.4 Å². The lowest BCUT2D eigenvalue weighted by Gasteiger charge is -2.61. The lowest BCUT2D eigenvalue weighted by molar-refractivity contribution is -0.157. The molecule has 0 radical (unpaired) electrons. The lowest BCUT2D eigenvalue weighted by Crippen LogP contribution is -2.61. The number of nitrogens with zero attached hydrogens (tertiary/aromatic N) is 4. The number of primary amides is 2. The van der Waals surface area contributed by atoms with Gasteiger partial charge in [0.1, 0.15) is 0 Å². The second-order valence-corrected chi connectivity index (χ2v) is 22.8. The van der Waals surface area contributed by atoms with E-state index in [-0.39, 0.29) is 27.6 Å². The van der Waals surface area contributed by atoms with Crippen molar-refractivity contribution < 1.29 is 19.2 Å². The summed E-state index contributed by atoms with van der Waals surface area (Å²) in [5, 5.41) is 10.7. The van der Waals surface area contributed by atoms with Crippen LogP contribution in [0.2, 0.25) is 0 Å². The molecule has 1 saturated heterocycles. The molecule has 4 heterocycles. The Morgan fingerprint density at radius 2 is 1.15 bits per heavy atom. The van der Waals surface area contributed by atoms with Crippen molar-refractivity contribution in [3.8, 4) is 0 Å². The highest BCUT2D eigenvalue weighted by Crippen LogP contribution is 2.69. The second-order valence-electron chi connectivity index (χ2n) is 21.1. The molecule has 2 aromatic rings. The molecule has 7 fully saturated rings. The first-order valence-corrected chi connectivity index (χ1v) is 24.5. The topological polar surface area (TPSA) is 177 Å². The first-order chi connectivity index (χ1) is 28.5. The van der Waals surface area contributed by atoms with E-state index in [4.69, 9.17) is 21.4 Å². The fourth-order valence-electron chi connectivity index (χ4n) is 16.1. The van der Waals surface area contributed by atoms with Crippen molar-refractivity contribution in [2.24, 2.45) is 68.6 Å². The van der Waals surface area contributed by atoms with Crippen molar-refractivity contribution in [3.05, 3.63) is 34.3 Å². The van der Waals surface area contributed by atoms with Crippen molar-refractivity contribution in [1.29, 1.82) is 0 Å². The molecule has 6 amide bonds. The van der Waals surface area contributed by atoms with Crippen molar-refractivity contribution >= 4 is 56.8 Å². The smallest absolute Gasteiger partial charge is 0.318 e. The van der Waals surface area contributed by atoms with Crippen LogP contribution in [0.3, 0.4) is 0 Å². The summed E-state index contributed by atoms with van der Waals surface area (Å²) >= 11 is 2.95. The number of urea groups is 2. The van der Waals surface area contributed by atoms with Crippen LogP contribution < -0.4 is 22.1 Å². The Bertz CT molecular complexity index is 2070. The molecule has 14 heteroatoms. The second kappa shape index (κ2) is 15.1. The van der Waals surface area contributed by atoms with Gasteiger partial charge in [-0.15, -0.1) is 22.7 Å². The molecule has 0 aromatic carbocycles. The molecule has 326 valence electrons. The zero-order valence-corrected chi connectivity index (χ0v) is 38.0. The van der Waals surface area contributed by atoms with Gasteiger partial charge in [-0.25, -0.2) is 19.6 Å². The fourth-order valence-corrected chi connectivity index (χ4v) is 17.6. The zero-order chi connectivity index (χ0) is 42.5. The number of fused-ring (bicyclic) bond motifs is 10. The van der Waals surface area contributed by atoms with Crippen LogP contribution in [0, 0.1) is 57.2 Å². The van der Waals surface area contributed by atoms with Gasteiger partial charge in [0.25, 0.3) is 0 Å². The van der Waals surface area contributed by atoms with E-state index < -0.39 is 12.1 Å². The number of likely N-dealkylation sites (N-methyl/N-ethyl adjacent to an activating group) is 1. The third-order valence-electron chi connectivity index (χ3n) is 18.9. The number of hydrogen-bond acceptors (Lipinski definition) is 8. The molecule has 6 saturated carbocycles. The van der Waals surface area contributed by atoms with Gasteiger partial charge in [-0.3, -0.25) is 20.2 Å². The number of carbonyl (C=O) groups is 4. The molecule has 0 bridgehead atoms. The average molecular weight is 859 g/mol. The van der Waals surface area contributed by atoms with Gasteiger partial charge in [0, 0.05) is 60.6 Å². The first-order valence-electron chi connectivity index (χ1n) is 22.7. The number of nitrogens with two attached hydrogens (primary N) is 2. The van der Waals surface area contributed by atoms with E-state index in [2.05, 4.69) is 60.1 Å². The van der Waals surface area contributed by atoms with Gasteiger partial charge in [-0.2, -0.15) is 0 Å². The highest BCUT2D eigenvalue weighted by molar-refractivity contribution is 7.14. The van der Waals surface area contributed by atoms with E-state index in [0.29, 0.717) is 64.3 Å². The van der Waals surface area contributed by atoms with E-state index in [1.807, 2.05) is 25.1 Å². The summed E-state index contributed by atoms with van der Waals surface area (Å²) in [5.74, 6) is 5.67. The van der Waals surface area contributed by atoms with Crippen LogP contribution in [0.4, 0.5) is 19.9 Å². The molecular formula is C46H66N8O4S2. The Balaban J connectivity index is 0.000000154. The van der Waals surface area contributed by atoms with Crippen LogP contribution in [0.15, 0.2) is 22.9 Å². The molecule has 8 aliphatic rings. The minimum Gasteiger partial charge on any atom is -0.351 e. The maximum absolute atomic E-state index is 12.3. The monoisotopic (exact) mass is 858 g/mol. The lowest BCUT2D eigenvalue weighted by atomic mass is 9.46. The molecule has 60 heavy (non-hydrogen) atoms. The first kappa shape index (κ1) is 41.8. The number of rotatable bonds is 4. The Morgan fingerprint density at radius 3 is 1.70 bits per heavy atom. The van der Waals surface area contributed by atoms with E-state index in [1.165, 1.54) is 86.9 Å². The van der Waals surface area contributed by atoms with Crippen LogP contribution in [0.25, 0.3) is 0 Å². The van der Waals surface area contributed by atoms with Crippen LogP contribution >= 0.6 is 22.7 Å². The van der Waals surface area contributed by atoms with Gasteiger partial charge in [-0.1, -0.05) is 33.8 Å².